The predicted octanol–water partition coefficient (Wildman–Crippen LogP) is 4.27. The van der Waals surface area contributed by atoms with Gasteiger partial charge in [-0.3, -0.25) is 4.79 Å². The molecule has 148 valence electrons. The van der Waals surface area contributed by atoms with Crippen molar-refractivity contribution in [3.05, 3.63) is 29.3 Å². The Balaban J connectivity index is 3.04. The molecule has 3 nitrogen and oxygen atoms in total. The Bertz CT molecular complexity index is 669. The van der Waals surface area contributed by atoms with Crippen LogP contribution in [0.4, 0.5) is 30.7 Å². The molecule has 0 unspecified atom stereocenters. The van der Waals surface area contributed by atoms with Crippen molar-refractivity contribution in [2.75, 3.05) is 7.11 Å². The number of methoxy groups -OCH3 is 1. The first-order valence-corrected chi connectivity index (χ1v) is 7.33. The summed E-state index contributed by atoms with van der Waals surface area (Å²) in [6, 6.07) is 4.87. The Kier molecular flexibility index (Phi) is 5.90. The Morgan fingerprint density at radius 1 is 1.08 bits per heavy atom. The van der Waals surface area contributed by atoms with Gasteiger partial charge < -0.3 is 10.1 Å². The summed E-state index contributed by atoms with van der Waals surface area (Å²) >= 11 is 0. The number of hydrogen-bond acceptors (Lipinski definition) is 2. The minimum Gasteiger partial charge on any atom is -0.496 e. The number of benzene rings is 1. The standard InChI is InChI=1S/C16H18F7NO2/c1-9-5-6-10(11(7-9)26-4)8-13(2,3)24-12(25)14(17,18)15(19,20)16(21,22)23/h5-7H,8H2,1-4H3,(H,24,25). The molecule has 1 aromatic carbocycles. The Labute approximate surface area is 145 Å². The number of aryl methyl sites for hydroxylation is 1. The number of carbonyl (C=O) groups is 1. The zero-order valence-corrected chi connectivity index (χ0v) is 14.4. The first-order valence-electron chi connectivity index (χ1n) is 7.33. The molecule has 0 aromatic heterocycles. The molecule has 1 rings (SSSR count). The molecule has 0 saturated heterocycles. The second kappa shape index (κ2) is 6.96. The summed E-state index contributed by atoms with van der Waals surface area (Å²) in [7, 11) is 1.35. The van der Waals surface area contributed by atoms with Crippen molar-refractivity contribution in [1.82, 2.24) is 5.32 Å². The van der Waals surface area contributed by atoms with E-state index in [-0.39, 0.29) is 6.42 Å². The van der Waals surface area contributed by atoms with E-state index in [0.717, 1.165) is 5.56 Å². The molecule has 26 heavy (non-hydrogen) atoms. The summed E-state index contributed by atoms with van der Waals surface area (Å²) in [6.45, 7) is 4.19. The predicted molar refractivity (Wildman–Crippen MR) is 79.6 cm³/mol. The van der Waals surface area contributed by atoms with Crippen LogP contribution in [-0.4, -0.2) is 36.6 Å². The number of nitrogens with one attached hydrogen (secondary N) is 1. The zero-order valence-electron chi connectivity index (χ0n) is 14.4. The second-order valence-corrected chi connectivity index (χ2v) is 6.48. The average molecular weight is 389 g/mol. The van der Waals surface area contributed by atoms with Gasteiger partial charge in [0, 0.05) is 5.54 Å². The topological polar surface area (TPSA) is 38.3 Å². The van der Waals surface area contributed by atoms with Crippen molar-refractivity contribution in [2.24, 2.45) is 0 Å². The van der Waals surface area contributed by atoms with E-state index < -0.39 is 29.5 Å². The Morgan fingerprint density at radius 2 is 1.62 bits per heavy atom. The molecule has 0 spiro atoms. The van der Waals surface area contributed by atoms with Gasteiger partial charge in [0.2, 0.25) is 0 Å². The van der Waals surface area contributed by atoms with Crippen molar-refractivity contribution in [2.45, 2.75) is 50.8 Å². The second-order valence-electron chi connectivity index (χ2n) is 6.48. The summed E-state index contributed by atoms with van der Waals surface area (Å²) < 4.78 is 94.5. The first-order chi connectivity index (χ1) is 11.5. The molecule has 0 atom stereocenters. The van der Waals surface area contributed by atoms with Crippen LogP contribution in [0, 0.1) is 6.92 Å². The summed E-state index contributed by atoms with van der Waals surface area (Å²) in [5, 5.41) is 1.56. The van der Waals surface area contributed by atoms with E-state index >= 15 is 0 Å². The van der Waals surface area contributed by atoms with Crippen LogP contribution in [0.1, 0.15) is 25.0 Å². The van der Waals surface area contributed by atoms with E-state index in [1.54, 1.807) is 30.4 Å². The van der Waals surface area contributed by atoms with Gasteiger partial charge in [-0.1, -0.05) is 12.1 Å². The number of alkyl halides is 7. The lowest BCUT2D eigenvalue weighted by Gasteiger charge is -2.32. The number of halogens is 7. The van der Waals surface area contributed by atoms with E-state index in [1.807, 2.05) is 0 Å². The van der Waals surface area contributed by atoms with Gasteiger partial charge in [0.1, 0.15) is 5.75 Å². The van der Waals surface area contributed by atoms with Crippen molar-refractivity contribution >= 4 is 5.91 Å². The summed E-state index contributed by atoms with van der Waals surface area (Å²) in [5.74, 6) is -14.8. The Hall–Kier alpha value is -2.00. The van der Waals surface area contributed by atoms with Gasteiger partial charge in [0.05, 0.1) is 7.11 Å². The fourth-order valence-corrected chi connectivity index (χ4v) is 2.22. The third-order valence-corrected chi connectivity index (χ3v) is 3.56. The van der Waals surface area contributed by atoms with Crippen LogP contribution < -0.4 is 10.1 Å². The van der Waals surface area contributed by atoms with Crippen LogP contribution in [0.25, 0.3) is 0 Å². The smallest absolute Gasteiger partial charge is 0.460 e. The average Bonchev–Trinajstić information content (AvgIpc) is 2.46. The van der Waals surface area contributed by atoms with E-state index in [2.05, 4.69) is 0 Å². The molecule has 0 heterocycles. The molecule has 0 aliphatic heterocycles. The highest BCUT2D eigenvalue weighted by molar-refractivity contribution is 5.85. The van der Waals surface area contributed by atoms with E-state index in [1.165, 1.54) is 21.0 Å². The van der Waals surface area contributed by atoms with Gasteiger partial charge in [-0.15, -0.1) is 0 Å². The quantitative estimate of drug-likeness (QED) is 0.738. The summed E-state index contributed by atoms with van der Waals surface area (Å²) in [5.41, 5.74) is -0.275. The van der Waals surface area contributed by atoms with Crippen LogP contribution in [0.2, 0.25) is 0 Å². The minimum atomic E-state index is -6.57. The lowest BCUT2D eigenvalue weighted by atomic mass is 9.93. The minimum absolute atomic E-state index is 0.143. The van der Waals surface area contributed by atoms with Crippen LogP contribution in [0.5, 0.6) is 5.75 Å². The van der Waals surface area contributed by atoms with E-state index in [4.69, 9.17) is 4.74 Å². The van der Waals surface area contributed by atoms with Gasteiger partial charge >= 0.3 is 18.0 Å². The molecule has 0 saturated carbocycles. The van der Waals surface area contributed by atoms with Crippen molar-refractivity contribution in [3.8, 4) is 5.75 Å². The monoisotopic (exact) mass is 389 g/mol. The van der Waals surface area contributed by atoms with E-state index in [0.29, 0.717) is 11.3 Å². The molecule has 0 aliphatic carbocycles. The molecule has 1 amide bonds. The fourth-order valence-electron chi connectivity index (χ4n) is 2.22. The van der Waals surface area contributed by atoms with Gasteiger partial charge in [0.25, 0.3) is 5.91 Å². The van der Waals surface area contributed by atoms with Crippen molar-refractivity contribution in [3.63, 3.8) is 0 Å². The molecule has 1 N–H and O–H groups in total. The lowest BCUT2D eigenvalue weighted by molar-refractivity contribution is -0.344. The molecule has 0 radical (unpaired) electrons. The molecule has 0 aliphatic rings. The molecular weight excluding hydrogens is 371 g/mol. The molecular formula is C16H18F7NO2. The van der Waals surface area contributed by atoms with Crippen molar-refractivity contribution in [1.29, 1.82) is 0 Å². The highest BCUT2D eigenvalue weighted by Crippen LogP contribution is 2.46. The number of rotatable bonds is 6. The molecule has 0 bridgehead atoms. The number of ether oxygens (including phenoxy) is 1. The lowest BCUT2D eigenvalue weighted by Crippen LogP contribution is -2.62. The molecule has 0 fully saturated rings. The van der Waals surface area contributed by atoms with Crippen LogP contribution in [0.15, 0.2) is 18.2 Å². The number of amides is 1. The first kappa shape index (κ1) is 22.0. The highest BCUT2D eigenvalue weighted by Gasteiger charge is 2.76. The number of carbonyl (C=O) groups excluding carboxylic acids is 1. The van der Waals surface area contributed by atoms with Gasteiger partial charge in [-0.05, 0) is 44.4 Å². The fraction of sp³-hybridized carbons (Fsp3) is 0.562. The Morgan fingerprint density at radius 3 is 2.08 bits per heavy atom. The largest absolute Gasteiger partial charge is 0.496 e. The van der Waals surface area contributed by atoms with Gasteiger partial charge in [0.15, 0.2) is 0 Å². The van der Waals surface area contributed by atoms with Crippen molar-refractivity contribution < 1.29 is 40.3 Å². The summed E-state index contributed by atoms with van der Waals surface area (Å²) in [4.78, 5) is 11.5. The maximum absolute atomic E-state index is 13.5. The molecule has 1 aromatic rings. The third kappa shape index (κ3) is 4.39. The van der Waals surface area contributed by atoms with Crippen LogP contribution >= 0.6 is 0 Å². The maximum atomic E-state index is 13.5. The third-order valence-electron chi connectivity index (χ3n) is 3.56. The molecule has 10 heteroatoms. The van der Waals surface area contributed by atoms with Gasteiger partial charge in [-0.2, -0.15) is 30.7 Å². The number of hydrogen-bond donors (Lipinski definition) is 1. The van der Waals surface area contributed by atoms with E-state index in [9.17, 15) is 35.5 Å². The summed E-state index contributed by atoms with van der Waals surface area (Å²) in [6.07, 6.45) is -6.71. The normalized spacial score (nSPS) is 13.5. The van der Waals surface area contributed by atoms with Gasteiger partial charge in [-0.25, -0.2) is 0 Å². The van der Waals surface area contributed by atoms with Crippen LogP contribution in [-0.2, 0) is 11.2 Å². The highest BCUT2D eigenvalue weighted by atomic mass is 19.4. The SMILES string of the molecule is COc1cc(C)ccc1CC(C)(C)NC(=O)C(F)(F)C(F)(F)C(F)(F)F. The maximum Gasteiger partial charge on any atom is 0.460 e. The zero-order chi connectivity index (χ0) is 20.6. The van der Waals surface area contributed by atoms with Crippen LogP contribution in [0.3, 0.4) is 0 Å².